The molecule has 230 valence electrons. The van der Waals surface area contributed by atoms with Gasteiger partial charge in [-0.15, -0.1) is 0 Å². The van der Waals surface area contributed by atoms with Gasteiger partial charge in [0.25, 0.3) is 10.0 Å². The number of carbonyl (C=O) groups is 2. The normalized spacial score (nSPS) is 14.5. The van der Waals surface area contributed by atoms with Crippen molar-refractivity contribution in [1.82, 2.24) is 10.2 Å². The lowest BCUT2D eigenvalue weighted by atomic mass is 9.95. The van der Waals surface area contributed by atoms with Gasteiger partial charge in [0.15, 0.2) is 0 Å². The van der Waals surface area contributed by atoms with Crippen molar-refractivity contribution < 1.29 is 22.7 Å². The van der Waals surface area contributed by atoms with Crippen LogP contribution in [0.25, 0.3) is 0 Å². The van der Waals surface area contributed by atoms with Gasteiger partial charge in [-0.3, -0.25) is 13.9 Å². The van der Waals surface area contributed by atoms with E-state index in [1.165, 1.54) is 17.0 Å². The van der Waals surface area contributed by atoms with E-state index in [4.69, 9.17) is 4.74 Å². The van der Waals surface area contributed by atoms with Gasteiger partial charge in [0, 0.05) is 17.1 Å². The third-order valence-electron chi connectivity index (χ3n) is 7.71. The molecule has 43 heavy (non-hydrogen) atoms. The summed E-state index contributed by atoms with van der Waals surface area (Å²) in [6.07, 6.45) is 5.12. The molecule has 2 amide bonds. The maximum atomic E-state index is 14.1. The number of halogens is 1. The second-order valence-electron chi connectivity index (χ2n) is 10.9. The highest BCUT2D eigenvalue weighted by Crippen LogP contribution is 2.27. The van der Waals surface area contributed by atoms with E-state index in [2.05, 4.69) is 21.2 Å². The molecule has 3 aromatic carbocycles. The van der Waals surface area contributed by atoms with Crippen LogP contribution in [0.2, 0.25) is 0 Å². The smallest absolute Gasteiger partial charge is 0.264 e. The molecule has 0 bridgehead atoms. The minimum absolute atomic E-state index is 0.0716. The number of nitrogens with zero attached hydrogens (tertiary/aromatic N) is 2. The van der Waals surface area contributed by atoms with Crippen molar-refractivity contribution in [2.75, 3.05) is 17.5 Å². The Morgan fingerprint density at radius 2 is 1.58 bits per heavy atom. The first-order valence-corrected chi connectivity index (χ1v) is 17.0. The highest BCUT2D eigenvalue weighted by Gasteiger charge is 2.33. The van der Waals surface area contributed by atoms with Gasteiger partial charge in [-0.25, -0.2) is 8.42 Å². The lowest BCUT2D eigenvalue weighted by Gasteiger charge is -2.33. The fourth-order valence-electron chi connectivity index (χ4n) is 5.18. The monoisotopic (exact) mass is 669 g/mol. The average Bonchev–Trinajstić information content (AvgIpc) is 3.00. The van der Waals surface area contributed by atoms with Crippen molar-refractivity contribution in [3.05, 3.63) is 88.4 Å². The number of sulfonamides is 1. The SMILES string of the molecule is CCOc1ccc(N(CC(=O)N(Cc2ccc(Br)cc2)C(C)C(=O)NC2CCCCC2)S(=O)(=O)c2ccc(C)cc2)cc1. The molecule has 4 rings (SSSR count). The minimum atomic E-state index is -4.13. The molecular formula is C33H40BrN3O5S. The van der Waals surface area contributed by atoms with Crippen LogP contribution in [-0.4, -0.2) is 50.4 Å². The van der Waals surface area contributed by atoms with E-state index in [9.17, 15) is 18.0 Å². The zero-order valence-corrected chi connectivity index (χ0v) is 27.4. The van der Waals surface area contributed by atoms with Crippen LogP contribution in [0.4, 0.5) is 5.69 Å². The van der Waals surface area contributed by atoms with Gasteiger partial charge in [-0.1, -0.05) is 65.0 Å². The number of hydrogen-bond acceptors (Lipinski definition) is 5. The van der Waals surface area contributed by atoms with Gasteiger partial charge in [0.1, 0.15) is 18.3 Å². The Morgan fingerprint density at radius 3 is 2.19 bits per heavy atom. The van der Waals surface area contributed by atoms with Crippen LogP contribution in [0.15, 0.2) is 82.2 Å². The molecule has 0 aliphatic heterocycles. The molecular weight excluding hydrogens is 630 g/mol. The summed E-state index contributed by atoms with van der Waals surface area (Å²) in [6.45, 7) is 5.57. The molecule has 1 fully saturated rings. The summed E-state index contributed by atoms with van der Waals surface area (Å²) < 4.78 is 35.6. The summed E-state index contributed by atoms with van der Waals surface area (Å²) in [6, 6.07) is 19.9. The first kappa shape index (κ1) is 32.5. The predicted molar refractivity (Wildman–Crippen MR) is 172 cm³/mol. The van der Waals surface area contributed by atoms with Gasteiger partial charge in [0.05, 0.1) is 17.2 Å². The molecule has 1 saturated carbocycles. The van der Waals surface area contributed by atoms with E-state index in [0.29, 0.717) is 18.0 Å². The highest BCUT2D eigenvalue weighted by molar-refractivity contribution is 9.10. The fourth-order valence-corrected chi connectivity index (χ4v) is 6.86. The Labute approximate surface area is 263 Å². The lowest BCUT2D eigenvalue weighted by molar-refractivity contribution is -0.139. The summed E-state index contributed by atoms with van der Waals surface area (Å²) in [5.41, 5.74) is 2.06. The molecule has 0 aromatic heterocycles. The molecule has 1 N–H and O–H groups in total. The fraction of sp³-hybridized carbons (Fsp3) is 0.394. The summed E-state index contributed by atoms with van der Waals surface area (Å²) in [5.74, 6) is -0.139. The number of anilines is 1. The van der Waals surface area contributed by atoms with E-state index >= 15 is 0 Å². The number of carbonyl (C=O) groups excluding carboxylic acids is 2. The molecule has 0 heterocycles. The molecule has 3 aromatic rings. The third kappa shape index (κ3) is 8.60. The van der Waals surface area contributed by atoms with Crippen LogP contribution in [0, 0.1) is 6.92 Å². The van der Waals surface area contributed by atoms with Gasteiger partial charge in [-0.05, 0) is 87.7 Å². The van der Waals surface area contributed by atoms with Crippen molar-refractivity contribution in [1.29, 1.82) is 0 Å². The summed E-state index contributed by atoms with van der Waals surface area (Å²) in [7, 11) is -4.13. The van der Waals surface area contributed by atoms with Crippen molar-refractivity contribution in [3.8, 4) is 5.75 Å². The lowest BCUT2D eigenvalue weighted by Crippen LogP contribution is -2.53. The number of nitrogens with one attached hydrogen (secondary N) is 1. The summed E-state index contributed by atoms with van der Waals surface area (Å²) in [5, 5.41) is 3.13. The Bertz CT molecular complexity index is 1470. The van der Waals surface area contributed by atoms with Gasteiger partial charge >= 0.3 is 0 Å². The number of rotatable bonds is 12. The number of amides is 2. The van der Waals surface area contributed by atoms with E-state index in [0.717, 1.165) is 52.0 Å². The topological polar surface area (TPSA) is 96.0 Å². The Morgan fingerprint density at radius 1 is 0.953 bits per heavy atom. The van der Waals surface area contributed by atoms with Gasteiger partial charge < -0.3 is 15.0 Å². The Balaban J connectivity index is 1.67. The van der Waals surface area contributed by atoms with Crippen LogP contribution >= 0.6 is 15.9 Å². The quantitative estimate of drug-likeness (QED) is 0.247. The Hall–Kier alpha value is -3.37. The van der Waals surface area contributed by atoms with Crippen LogP contribution in [-0.2, 0) is 26.2 Å². The van der Waals surface area contributed by atoms with Crippen molar-refractivity contribution in [2.45, 2.75) is 76.4 Å². The van der Waals surface area contributed by atoms with Gasteiger partial charge in [0.2, 0.25) is 11.8 Å². The zero-order chi connectivity index (χ0) is 31.0. The molecule has 0 spiro atoms. The average molecular weight is 671 g/mol. The second kappa shape index (κ2) is 14.9. The number of benzene rings is 3. The first-order chi connectivity index (χ1) is 20.6. The zero-order valence-electron chi connectivity index (χ0n) is 25.0. The minimum Gasteiger partial charge on any atom is -0.494 e. The second-order valence-corrected chi connectivity index (χ2v) is 13.7. The number of aryl methyl sites for hydroxylation is 1. The molecule has 1 unspecified atom stereocenters. The van der Waals surface area contributed by atoms with E-state index in [1.807, 2.05) is 38.1 Å². The summed E-state index contributed by atoms with van der Waals surface area (Å²) in [4.78, 5) is 29.1. The molecule has 10 heteroatoms. The number of hydrogen-bond donors (Lipinski definition) is 1. The molecule has 0 radical (unpaired) electrons. The van der Waals surface area contributed by atoms with Crippen LogP contribution < -0.4 is 14.4 Å². The molecule has 1 atom stereocenters. The largest absolute Gasteiger partial charge is 0.494 e. The van der Waals surface area contributed by atoms with E-state index in [-0.39, 0.29) is 23.4 Å². The molecule has 0 saturated heterocycles. The standard InChI is InChI=1S/C33H40BrN3O5S/c1-4-42-30-18-16-29(17-19-30)37(43(40,41)31-20-10-24(2)11-21-31)23-32(38)36(22-26-12-14-27(34)15-13-26)25(3)33(39)35-28-8-6-5-7-9-28/h10-21,25,28H,4-9,22-23H2,1-3H3,(H,35,39). The number of ether oxygens (including phenoxy) is 1. The first-order valence-electron chi connectivity index (χ1n) is 14.7. The third-order valence-corrected chi connectivity index (χ3v) is 10.0. The maximum absolute atomic E-state index is 14.1. The van der Waals surface area contributed by atoms with Crippen LogP contribution in [0.1, 0.15) is 57.1 Å². The molecule has 1 aliphatic carbocycles. The van der Waals surface area contributed by atoms with Crippen molar-refractivity contribution in [2.24, 2.45) is 0 Å². The van der Waals surface area contributed by atoms with Gasteiger partial charge in [-0.2, -0.15) is 0 Å². The molecule has 8 nitrogen and oxygen atoms in total. The van der Waals surface area contributed by atoms with Crippen LogP contribution in [0.3, 0.4) is 0 Å². The summed E-state index contributed by atoms with van der Waals surface area (Å²) >= 11 is 3.44. The highest BCUT2D eigenvalue weighted by atomic mass is 79.9. The van der Waals surface area contributed by atoms with E-state index in [1.54, 1.807) is 43.3 Å². The van der Waals surface area contributed by atoms with Crippen molar-refractivity contribution in [3.63, 3.8) is 0 Å². The van der Waals surface area contributed by atoms with Crippen LogP contribution in [0.5, 0.6) is 5.75 Å². The van der Waals surface area contributed by atoms with Crippen molar-refractivity contribution >= 4 is 43.5 Å². The van der Waals surface area contributed by atoms with E-state index < -0.39 is 28.5 Å². The Kier molecular flexibility index (Phi) is 11.3. The maximum Gasteiger partial charge on any atom is 0.264 e. The predicted octanol–water partition coefficient (Wildman–Crippen LogP) is 6.22. The molecule has 1 aliphatic rings.